The van der Waals surface area contributed by atoms with E-state index in [-0.39, 0.29) is 10.6 Å². The van der Waals surface area contributed by atoms with Gasteiger partial charge in [-0.1, -0.05) is 15.9 Å². The lowest BCUT2D eigenvalue weighted by Gasteiger charge is -2.08. The molecule has 0 aliphatic rings. The van der Waals surface area contributed by atoms with E-state index in [9.17, 15) is 8.42 Å². The molecule has 78 valence electrons. The fraction of sp³-hybridized carbons (Fsp3) is 0.250. The van der Waals surface area contributed by atoms with Crippen LogP contribution in [0.1, 0.15) is 6.92 Å². The Kier molecular flexibility index (Phi) is 3.52. The summed E-state index contributed by atoms with van der Waals surface area (Å²) in [5.74, 6) is 0.276. The lowest BCUT2D eigenvalue weighted by Crippen LogP contribution is -2.13. The van der Waals surface area contributed by atoms with Gasteiger partial charge in [0.15, 0.2) is 0 Å². The molecule has 14 heavy (non-hydrogen) atoms. The Morgan fingerprint density at radius 1 is 1.50 bits per heavy atom. The monoisotopic (exact) mass is 279 g/mol. The Hall–Kier alpha value is -0.590. The Bertz CT molecular complexity index is 430. The quantitative estimate of drug-likeness (QED) is 0.912. The summed E-state index contributed by atoms with van der Waals surface area (Å²) >= 11 is 3.16. The summed E-state index contributed by atoms with van der Waals surface area (Å²) in [5.41, 5.74) is 0. The topological polar surface area (TPSA) is 69.4 Å². The minimum Gasteiger partial charge on any atom is -0.492 e. The largest absolute Gasteiger partial charge is 0.492 e. The van der Waals surface area contributed by atoms with E-state index in [1.165, 1.54) is 6.07 Å². The molecule has 4 nitrogen and oxygen atoms in total. The molecular weight excluding hydrogens is 270 g/mol. The van der Waals surface area contributed by atoms with Crippen molar-refractivity contribution >= 4 is 26.0 Å². The molecule has 0 unspecified atom stereocenters. The minimum atomic E-state index is -3.73. The van der Waals surface area contributed by atoms with Gasteiger partial charge in [0.1, 0.15) is 10.6 Å². The number of ether oxygens (including phenoxy) is 1. The molecule has 0 atom stereocenters. The third kappa shape index (κ3) is 2.70. The van der Waals surface area contributed by atoms with Crippen molar-refractivity contribution in [2.24, 2.45) is 5.14 Å². The van der Waals surface area contributed by atoms with E-state index >= 15 is 0 Å². The van der Waals surface area contributed by atoms with Gasteiger partial charge >= 0.3 is 0 Å². The number of primary sulfonamides is 1. The lowest BCUT2D eigenvalue weighted by molar-refractivity contribution is 0.331. The highest BCUT2D eigenvalue weighted by atomic mass is 79.9. The summed E-state index contributed by atoms with van der Waals surface area (Å²) in [5, 5.41) is 5.03. The molecular formula is C8H10BrNO3S. The second-order valence-corrected chi connectivity index (χ2v) is 5.01. The van der Waals surface area contributed by atoms with Crippen molar-refractivity contribution in [3.05, 3.63) is 22.7 Å². The van der Waals surface area contributed by atoms with Crippen molar-refractivity contribution in [1.82, 2.24) is 0 Å². The first-order valence-electron chi connectivity index (χ1n) is 3.90. The SMILES string of the molecule is CCOc1ccc(Br)cc1S(N)(=O)=O. The second-order valence-electron chi connectivity index (χ2n) is 2.57. The normalized spacial score (nSPS) is 11.4. The molecule has 0 amide bonds. The van der Waals surface area contributed by atoms with E-state index in [1.807, 2.05) is 0 Å². The summed E-state index contributed by atoms with van der Waals surface area (Å²) in [7, 11) is -3.73. The predicted molar refractivity (Wildman–Crippen MR) is 56.7 cm³/mol. The van der Waals surface area contributed by atoms with Gasteiger partial charge in [0.05, 0.1) is 6.61 Å². The van der Waals surface area contributed by atoms with Crippen molar-refractivity contribution in [2.45, 2.75) is 11.8 Å². The molecule has 0 bridgehead atoms. The Labute approximate surface area is 91.2 Å². The predicted octanol–water partition coefficient (Wildman–Crippen LogP) is 1.50. The number of hydrogen-bond acceptors (Lipinski definition) is 3. The lowest BCUT2D eigenvalue weighted by atomic mass is 10.3. The fourth-order valence-electron chi connectivity index (χ4n) is 0.979. The van der Waals surface area contributed by atoms with E-state index in [0.717, 1.165) is 0 Å². The summed E-state index contributed by atoms with van der Waals surface area (Å²) in [6, 6.07) is 4.67. The Balaban J connectivity index is 3.30. The number of hydrogen-bond donors (Lipinski definition) is 1. The molecule has 6 heteroatoms. The average Bonchev–Trinajstić information content (AvgIpc) is 2.07. The highest BCUT2D eigenvalue weighted by Gasteiger charge is 2.15. The summed E-state index contributed by atoms with van der Waals surface area (Å²) < 4.78 is 28.1. The van der Waals surface area contributed by atoms with Crippen LogP contribution in [-0.4, -0.2) is 15.0 Å². The second kappa shape index (κ2) is 4.29. The van der Waals surface area contributed by atoms with Gasteiger partial charge in [0, 0.05) is 4.47 Å². The van der Waals surface area contributed by atoms with Gasteiger partial charge in [-0.2, -0.15) is 0 Å². The third-order valence-electron chi connectivity index (χ3n) is 1.51. The maximum Gasteiger partial charge on any atom is 0.241 e. The van der Waals surface area contributed by atoms with Crippen LogP contribution in [0.15, 0.2) is 27.6 Å². The van der Waals surface area contributed by atoms with Crippen LogP contribution in [0.4, 0.5) is 0 Å². The Morgan fingerprint density at radius 2 is 2.14 bits per heavy atom. The van der Waals surface area contributed by atoms with Crippen molar-refractivity contribution < 1.29 is 13.2 Å². The first-order chi connectivity index (χ1) is 6.45. The third-order valence-corrected chi connectivity index (χ3v) is 2.94. The van der Waals surface area contributed by atoms with Gasteiger partial charge < -0.3 is 4.74 Å². The highest BCUT2D eigenvalue weighted by Crippen LogP contribution is 2.26. The molecule has 0 heterocycles. The summed E-state index contributed by atoms with van der Waals surface area (Å²) in [6.45, 7) is 2.17. The smallest absolute Gasteiger partial charge is 0.241 e. The van der Waals surface area contributed by atoms with Crippen LogP contribution in [-0.2, 0) is 10.0 Å². The molecule has 2 N–H and O–H groups in total. The van der Waals surface area contributed by atoms with Crippen molar-refractivity contribution in [1.29, 1.82) is 0 Å². The van der Waals surface area contributed by atoms with Gasteiger partial charge in [-0.25, -0.2) is 13.6 Å². The van der Waals surface area contributed by atoms with E-state index < -0.39 is 10.0 Å². The summed E-state index contributed by atoms with van der Waals surface area (Å²) in [4.78, 5) is -0.00581. The van der Waals surface area contributed by atoms with Crippen LogP contribution in [0.25, 0.3) is 0 Å². The number of sulfonamides is 1. The summed E-state index contributed by atoms with van der Waals surface area (Å²) in [6.07, 6.45) is 0. The fourth-order valence-corrected chi connectivity index (χ4v) is 2.19. The van der Waals surface area contributed by atoms with E-state index in [2.05, 4.69) is 15.9 Å². The van der Waals surface area contributed by atoms with Gasteiger partial charge in [-0.05, 0) is 25.1 Å². The molecule has 0 aliphatic carbocycles. The van der Waals surface area contributed by atoms with Gasteiger partial charge in [-0.15, -0.1) is 0 Å². The van der Waals surface area contributed by atoms with Crippen molar-refractivity contribution in [3.8, 4) is 5.75 Å². The maximum absolute atomic E-state index is 11.2. The minimum absolute atomic E-state index is 0.00581. The van der Waals surface area contributed by atoms with Crippen LogP contribution < -0.4 is 9.88 Å². The van der Waals surface area contributed by atoms with Crippen LogP contribution in [0.3, 0.4) is 0 Å². The zero-order valence-corrected chi connectivity index (χ0v) is 9.93. The molecule has 0 spiro atoms. The maximum atomic E-state index is 11.2. The number of nitrogens with two attached hydrogens (primary N) is 1. The van der Waals surface area contributed by atoms with Crippen LogP contribution in [0.2, 0.25) is 0 Å². The molecule has 1 rings (SSSR count). The van der Waals surface area contributed by atoms with Crippen molar-refractivity contribution in [3.63, 3.8) is 0 Å². The van der Waals surface area contributed by atoms with Crippen LogP contribution in [0.5, 0.6) is 5.75 Å². The molecule has 0 saturated heterocycles. The molecule has 1 aromatic rings. The zero-order valence-electron chi connectivity index (χ0n) is 7.53. The van der Waals surface area contributed by atoms with E-state index in [0.29, 0.717) is 11.1 Å². The first-order valence-corrected chi connectivity index (χ1v) is 6.24. The van der Waals surface area contributed by atoms with Crippen LogP contribution in [0, 0.1) is 0 Å². The first kappa shape index (κ1) is 11.5. The van der Waals surface area contributed by atoms with Gasteiger partial charge in [-0.3, -0.25) is 0 Å². The Morgan fingerprint density at radius 3 is 2.64 bits per heavy atom. The average molecular weight is 280 g/mol. The van der Waals surface area contributed by atoms with Gasteiger partial charge in [0.25, 0.3) is 0 Å². The standard InChI is InChI=1S/C8H10BrNO3S/c1-2-13-7-4-3-6(9)5-8(7)14(10,11)12/h3-5H,2H2,1H3,(H2,10,11,12). The highest BCUT2D eigenvalue weighted by molar-refractivity contribution is 9.10. The number of rotatable bonds is 3. The van der Waals surface area contributed by atoms with Crippen LogP contribution >= 0.6 is 15.9 Å². The zero-order chi connectivity index (χ0) is 10.8. The van der Waals surface area contributed by atoms with Crippen molar-refractivity contribution in [2.75, 3.05) is 6.61 Å². The molecule has 1 aromatic carbocycles. The molecule has 0 saturated carbocycles. The molecule has 0 aliphatic heterocycles. The van der Waals surface area contributed by atoms with E-state index in [1.54, 1.807) is 19.1 Å². The number of benzene rings is 1. The van der Waals surface area contributed by atoms with E-state index in [4.69, 9.17) is 9.88 Å². The molecule has 0 fully saturated rings. The number of halogens is 1. The van der Waals surface area contributed by atoms with Gasteiger partial charge in [0.2, 0.25) is 10.0 Å². The molecule has 0 aromatic heterocycles. The molecule has 0 radical (unpaired) electrons.